The summed E-state index contributed by atoms with van der Waals surface area (Å²) >= 11 is 0. The van der Waals surface area contributed by atoms with Crippen LogP contribution in [0.1, 0.15) is 12.0 Å². The Labute approximate surface area is 142 Å². The molecule has 4 heterocycles. The second kappa shape index (κ2) is 7.23. The van der Waals surface area contributed by atoms with Crippen LogP contribution < -0.4 is 5.32 Å². The molecule has 3 atom stereocenters. The van der Waals surface area contributed by atoms with Gasteiger partial charge in [0.25, 0.3) is 0 Å². The molecule has 0 radical (unpaired) electrons. The van der Waals surface area contributed by atoms with E-state index >= 15 is 0 Å². The van der Waals surface area contributed by atoms with E-state index in [2.05, 4.69) is 31.2 Å². The summed E-state index contributed by atoms with van der Waals surface area (Å²) in [5, 5.41) is 3.31. The van der Waals surface area contributed by atoms with E-state index in [0.29, 0.717) is 17.8 Å². The first-order valence-electron chi connectivity index (χ1n) is 8.62. The molecule has 2 saturated heterocycles. The van der Waals surface area contributed by atoms with Gasteiger partial charge in [0.1, 0.15) is 0 Å². The zero-order valence-electron chi connectivity index (χ0n) is 13.7. The lowest BCUT2D eigenvalue weighted by Crippen LogP contribution is -2.43. The SMILES string of the molecule is c1cnc(NC[C@H]2OC[C@@H]3CCN(Cc4cccnc4)C[C@@H]32)nc1. The number of piperidine rings is 1. The van der Waals surface area contributed by atoms with Crippen molar-refractivity contribution < 1.29 is 4.74 Å². The van der Waals surface area contributed by atoms with E-state index in [1.165, 1.54) is 12.0 Å². The van der Waals surface area contributed by atoms with Gasteiger partial charge in [0.2, 0.25) is 5.95 Å². The summed E-state index contributed by atoms with van der Waals surface area (Å²) in [7, 11) is 0. The van der Waals surface area contributed by atoms with Gasteiger partial charge in [-0.05, 0) is 36.6 Å². The molecule has 1 N–H and O–H groups in total. The molecule has 6 nitrogen and oxygen atoms in total. The summed E-state index contributed by atoms with van der Waals surface area (Å²) in [6.07, 6.45) is 8.74. The molecule has 2 aromatic rings. The van der Waals surface area contributed by atoms with Gasteiger partial charge in [-0.2, -0.15) is 0 Å². The molecule has 126 valence electrons. The lowest BCUT2D eigenvalue weighted by molar-refractivity contribution is 0.0830. The molecule has 2 aliphatic heterocycles. The minimum absolute atomic E-state index is 0.232. The Morgan fingerprint density at radius 3 is 2.96 bits per heavy atom. The number of nitrogens with one attached hydrogen (secondary N) is 1. The number of pyridine rings is 1. The quantitative estimate of drug-likeness (QED) is 0.905. The molecule has 0 saturated carbocycles. The van der Waals surface area contributed by atoms with Gasteiger partial charge in [-0.3, -0.25) is 9.88 Å². The number of nitrogens with zero attached hydrogens (tertiary/aromatic N) is 4. The molecule has 2 aliphatic rings. The molecular formula is C18H23N5O. The molecular weight excluding hydrogens is 302 g/mol. The van der Waals surface area contributed by atoms with Crippen molar-refractivity contribution in [3.8, 4) is 0 Å². The van der Waals surface area contributed by atoms with Crippen molar-refractivity contribution in [3.05, 3.63) is 48.5 Å². The zero-order valence-corrected chi connectivity index (χ0v) is 13.7. The highest BCUT2D eigenvalue weighted by Gasteiger charge is 2.40. The number of ether oxygens (including phenoxy) is 1. The van der Waals surface area contributed by atoms with E-state index in [1.807, 2.05) is 24.5 Å². The highest BCUT2D eigenvalue weighted by molar-refractivity contribution is 5.22. The Morgan fingerprint density at radius 2 is 2.12 bits per heavy atom. The third kappa shape index (κ3) is 3.55. The first-order valence-corrected chi connectivity index (χ1v) is 8.62. The van der Waals surface area contributed by atoms with Crippen LogP contribution in [0, 0.1) is 11.8 Å². The Bertz CT molecular complexity index is 638. The number of aromatic nitrogens is 3. The normalized spacial score (nSPS) is 26.9. The van der Waals surface area contributed by atoms with E-state index in [9.17, 15) is 0 Å². The Kier molecular flexibility index (Phi) is 4.66. The van der Waals surface area contributed by atoms with Gasteiger partial charge < -0.3 is 10.1 Å². The molecule has 0 spiro atoms. The van der Waals surface area contributed by atoms with Crippen molar-refractivity contribution in [2.45, 2.75) is 19.1 Å². The lowest BCUT2D eigenvalue weighted by Gasteiger charge is -2.36. The van der Waals surface area contributed by atoms with E-state index in [4.69, 9.17) is 4.74 Å². The van der Waals surface area contributed by atoms with E-state index < -0.39 is 0 Å². The average Bonchev–Trinajstić information content (AvgIpc) is 3.04. The van der Waals surface area contributed by atoms with E-state index in [0.717, 1.165) is 32.8 Å². The van der Waals surface area contributed by atoms with Crippen LogP contribution in [0.15, 0.2) is 43.0 Å². The minimum atomic E-state index is 0.232. The van der Waals surface area contributed by atoms with Crippen molar-refractivity contribution >= 4 is 5.95 Å². The topological polar surface area (TPSA) is 63.2 Å². The first-order chi connectivity index (χ1) is 11.9. The molecule has 0 amide bonds. The molecule has 4 rings (SSSR count). The van der Waals surface area contributed by atoms with Gasteiger partial charge >= 0.3 is 0 Å². The number of hydrogen-bond donors (Lipinski definition) is 1. The van der Waals surface area contributed by atoms with Crippen molar-refractivity contribution in [3.63, 3.8) is 0 Å². The van der Waals surface area contributed by atoms with Gasteiger partial charge in [0, 0.05) is 50.3 Å². The number of anilines is 1. The van der Waals surface area contributed by atoms with Crippen LogP contribution in [-0.4, -0.2) is 52.2 Å². The largest absolute Gasteiger partial charge is 0.376 e. The molecule has 0 unspecified atom stereocenters. The van der Waals surface area contributed by atoms with Gasteiger partial charge in [-0.25, -0.2) is 9.97 Å². The van der Waals surface area contributed by atoms with Gasteiger partial charge in [-0.15, -0.1) is 0 Å². The number of likely N-dealkylation sites (tertiary alicyclic amines) is 1. The van der Waals surface area contributed by atoms with Crippen LogP contribution in [0.25, 0.3) is 0 Å². The van der Waals surface area contributed by atoms with Crippen molar-refractivity contribution in [1.29, 1.82) is 0 Å². The molecule has 0 bridgehead atoms. The molecule has 2 aromatic heterocycles. The Hall–Kier alpha value is -2.05. The third-order valence-electron chi connectivity index (χ3n) is 5.05. The molecule has 24 heavy (non-hydrogen) atoms. The Morgan fingerprint density at radius 1 is 1.21 bits per heavy atom. The fourth-order valence-electron chi connectivity index (χ4n) is 3.79. The third-order valence-corrected chi connectivity index (χ3v) is 5.05. The minimum Gasteiger partial charge on any atom is -0.376 e. The summed E-state index contributed by atoms with van der Waals surface area (Å²) in [6, 6.07) is 5.98. The van der Waals surface area contributed by atoms with Crippen LogP contribution in [0.5, 0.6) is 0 Å². The lowest BCUT2D eigenvalue weighted by atomic mass is 9.84. The summed E-state index contributed by atoms with van der Waals surface area (Å²) in [4.78, 5) is 15.2. The number of fused-ring (bicyclic) bond motifs is 1. The van der Waals surface area contributed by atoms with Crippen LogP contribution in [0.3, 0.4) is 0 Å². The monoisotopic (exact) mass is 325 g/mol. The molecule has 6 heteroatoms. The fraction of sp³-hybridized carbons (Fsp3) is 0.500. The molecule has 0 aromatic carbocycles. The van der Waals surface area contributed by atoms with Crippen molar-refractivity contribution in [2.75, 3.05) is 31.6 Å². The second-order valence-electron chi connectivity index (χ2n) is 6.63. The summed E-state index contributed by atoms with van der Waals surface area (Å²) in [5.41, 5.74) is 1.28. The van der Waals surface area contributed by atoms with Crippen LogP contribution >= 0.6 is 0 Å². The summed E-state index contributed by atoms with van der Waals surface area (Å²) < 4.78 is 6.06. The number of rotatable bonds is 5. The van der Waals surface area contributed by atoms with E-state index in [-0.39, 0.29) is 6.10 Å². The van der Waals surface area contributed by atoms with Crippen molar-refractivity contribution in [2.24, 2.45) is 11.8 Å². The zero-order chi connectivity index (χ0) is 16.2. The van der Waals surface area contributed by atoms with Crippen LogP contribution in [0.2, 0.25) is 0 Å². The first kappa shape index (κ1) is 15.5. The smallest absolute Gasteiger partial charge is 0.222 e. The van der Waals surface area contributed by atoms with E-state index in [1.54, 1.807) is 12.4 Å². The molecule has 0 aliphatic carbocycles. The summed E-state index contributed by atoms with van der Waals surface area (Å²) in [6.45, 7) is 4.85. The second-order valence-corrected chi connectivity index (χ2v) is 6.63. The fourth-order valence-corrected chi connectivity index (χ4v) is 3.79. The van der Waals surface area contributed by atoms with Gasteiger partial charge in [0.05, 0.1) is 12.7 Å². The standard InChI is InChI=1S/C18H23N5O/c1-3-14(9-19-5-1)11-23-8-4-15-13-24-17(16(15)12-23)10-22-18-20-6-2-7-21-18/h1-3,5-7,9,15-17H,4,8,10-13H2,(H,20,21,22)/t15-,16-,17+/m0/s1. The predicted molar refractivity (Wildman–Crippen MR) is 91.4 cm³/mol. The summed E-state index contributed by atoms with van der Waals surface area (Å²) in [5.74, 6) is 1.93. The van der Waals surface area contributed by atoms with Gasteiger partial charge in [-0.1, -0.05) is 6.07 Å². The van der Waals surface area contributed by atoms with Crippen molar-refractivity contribution in [1.82, 2.24) is 19.9 Å². The maximum absolute atomic E-state index is 6.06. The van der Waals surface area contributed by atoms with Crippen LogP contribution in [-0.2, 0) is 11.3 Å². The average molecular weight is 325 g/mol. The van der Waals surface area contributed by atoms with Crippen LogP contribution in [0.4, 0.5) is 5.95 Å². The molecule has 2 fully saturated rings. The highest BCUT2D eigenvalue weighted by atomic mass is 16.5. The maximum Gasteiger partial charge on any atom is 0.222 e. The predicted octanol–water partition coefficient (Wildman–Crippen LogP) is 1.82. The highest BCUT2D eigenvalue weighted by Crippen LogP contribution is 2.34. The maximum atomic E-state index is 6.06. The number of hydrogen-bond acceptors (Lipinski definition) is 6. The van der Waals surface area contributed by atoms with Gasteiger partial charge in [0.15, 0.2) is 0 Å². The Balaban J connectivity index is 1.35.